The molecule has 0 spiro atoms. The third-order valence-electron chi connectivity index (χ3n) is 3.64. The zero-order chi connectivity index (χ0) is 13.0. The lowest BCUT2D eigenvalue weighted by molar-refractivity contribution is -0.127. The second-order valence-electron chi connectivity index (χ2n) is 4.93. The van der Waals surface area contributed by atoms with Crippen LogP contribution in [0, 0.1) is 0 Å². The smallest absolute Gasteiger partial charge is 0.240 e. The summed E-state index contributed by atoms with van der Waals surface area (Å²) in [5.74, 6) is 0.707. The van der Waals surface area contributed by atoms with E-state index in [1.165, 1.54) is 6.42 Å². The highest BCUT2D eigenvalue weighted by Gasteiger charge is 2.35. The molecule has 0 bridgehead atoms. The number of nitrogens with zero attached hydrogens (tertiary/aromatic N) is 3. The quantitative estimate of drug-likeness (QED) is 0.819. The van der Waals surface area contributed by atoms with Gasteiger partial charge in [0.05, 0.1) is 12.1 Å². The van der Waals surface area contributed by atoms with Crippen LogP contribution in [-0.2, 0) is 17.9 Å². The lowest BCUT2D eigenvalue weighted by atomic mass is 9.82. The van der Waals surface area contributed by atoms with E-state index < -0.39 is 5.54 Å². The fourth-order valence-electron chi connectivity index (χ4n) is 2.43. The van der Waals surface area contributed by atoms with Gasteiger partial charge in [-0.3, -0.25) is 4.79 Å². The molecule has 1 saturated carbocycles. The van der Waals surface area contributed by atoms with Crippen molar-refractivity contribution in [3.05, 3.63) is 12.2 Å². The lowest BCUT2D eigenvalue weighted by Gasteiger charge is -2.31. The van der Waals surface area contributed by atoms with E-state index in [9.17, 15) is 4.79 Å². The molecule has 1 amide bonds. The van der Waals surface area contributed by atoms with E-state index in [0.29, 0.717) is 6.54 Å². The minimum absolute atomic E-state index is 0.0622. The molecular formula is C12H21N5O. The highest BCUT2D eigenvalue weighted by Crippen LogP contribution is 2.25. The standard InChI is InChI=1S/C12H21N5O/c1-2-17-9-15-16-10(17)8-14-11(18)12(13)6-4-3-5-7-12/h9H,2-8,13H2,1H3,(H,14,18). The van der Waals surface area contributed by atoms with Gasteiger partial charge in [0, 0.05) is 6.54 Å². The van der Waals surface area contributed by atoms with Crippen LogP contribution >= 0.6 is 0 Å². The van der Waals surface area contributed by atoms with E-state index in [4.69, 9.17) is 5.73 Å². The van der Waals surface area contributed by atoms with E-state index in [-0.39, 0.29) is 5.91 Å². The molecule has 0 atom stereocenters. The Bertz CT molecular complexity index is 408. The molecule has 3 N–H and O–H groups in total. The molecule has 1 fully saturated rings. The fraction of sp³-hybridized carbons (Fsp3) is 0.750. The molecule has 0 aromatic carbocycles. The van der Waals surface area contributed by atoms with E-state index in [1.54, 1.807) is 6.33 Å². The summed E-state index contributed by atoms with van der Waals surface area (Å²) in [6, 6.07) is 0. The van der Waals surface area contributed by atoms with Gasteiger partial charge in [-0.2, -0.15) is 0 Å². The van der Waals surface area contributed by atoms with Crippen LogP contribution < -0.4 is 11.1 Å². The first-order valence-electron chi connectivity index (χ1n) is 6.59. The molecule has 0 aliphatic heterocycles. The number of nitrogens with two attached hydrogens (primary N) is 1. The van der Waals surface area contributed by atoms with Gasteiger partial charge in [0.1, 0.15) is 6.33 Å². The number of amides is 1. The minimum atomic E-state index is -0.685. The van der Waals surface area contributed by atoms with Gasteiger partial charge in [-0.25, -0.2) is 0 Å². The Labute approximate surface area is 107 Å². The first-order valence-corrected chi connectivity index (χ1v) is 6.59. The van der Waals surface area contributed by atoms with Crippen LogP contribution in [-0.4, -0.2) is 26.2 Å². The van der Waals surface area contributed by atoms with Crippen LogP contribution in [0.3, 0.4) is 0 Å². The summed E-state index contributed by atoms with van der Waals surface area (Å²) < 4.78 is 1.91. The molecular weight excluding hydrogens is 230 g/mol. The molecule has 1 aliphatic rings. The number of rotatable bonds is 4. The number of carbonyl (C=O) groups is 1. The van der Waals surface area contributed by atoms with Crippen molar-refractivity contribution in [3.8, 4) is 0 Å². The Hall–Kier alpha value is -1.43. The Morgan fingerprint density at radius 1 is 1.50 bits per heavy atom. The predicted molar refractivity (Wildman–Crippen MR) is 67.5 cm³/mol. The number of hydrogen-bond donors (Lipinski definition) is 2. The summed E-state index contributed by atoms with van der Waals surface area (Å²) in [5.41, 5.74) is 5.47. The molecule has 0 unspecified atom stereocenters. The van der Waals surface area contributed by atoms with Gasteiger partial charge < -0.3 is 15.6 Å². The van der Waals surface area contributed by atoms with Crippen molar-refractivity contribution in [2.75, 3.05) is 0 Å². The molecule has 0 radical (unpaired) electrons. The topological polar surface area (TPSA) is 85.8 Å². The van der Waals surface area contributed by atoms with Crippen LogP contribution in [0.5, 0.6) is 0 Å². The van der Waals surface area contributed by atoms with Crippen molar-refractivity contribution in [2.45, 2.75) is 57.7 Å². The van der Waals surface area contributed by atoms with E-state index in [1.807, 2.05) is 11.5 Å². The Balaban J connectivity index is 1.91. The number of nitrogens with one attached hydrogen (secondary N) is 1. The first-order chi connectivity index (χ1) is 8.65. The highest BCUT2D eigenvalue weighted by molar-refractivity contribution is 5.86. The summed E-state index contributed by atoms with van der Waals surface area (Å²) in [6.45, 7) is 3.21. The highest BCUT2D eigenvalue weighted by atomic mass is 16.2. The third-order valence-corrected chi connectivity index (χ3v) is 3.64. The number of aryl methyl sites for hydroxylation is 1. The number of hydrogen-bond acceptors (Lipinski definition) is 4. The summed E-state index contributed by atoms with van der Waals surface area (Å²) in [6.07, 6.45) is 6.47. The van der Waals surface area contributed by atoms with Gasteiger partial charge in [0.25, 0.3) is 0 Å². The normalized spacial score (nSPS) is 18.6. The van der Waals surface area contributed by atoms with Crippen molar-refractivity contribution >= 4 is 5.91 Å². The van der Waals surface area contributed by atoms with Gasteiger partial charge in [0.15, 0.2) is 5.82 Å². The average molecular weight is 251 g/mol. The Morgan fingerprint density at radius 3 is 2.89 bits per heavy atom. The van der Waals surface area contributed by atoms with Crippen molar-refractivity contribution in [1.82, 2.24) is 20.1 Å². The molecule has 6 heteroatoms. The van der Waals surface area contributed by atoms with Gasteiger partial charge >= 0.3 is 0 Å². The van der Waals surface area contributed by atoms with Crippen LogP contribution in [0.1, 0.15) is 44.9 Å². The summed E-state index contributed by atoms with van der Waals surface area (Å²) in [5, 5.41) is 10.7. The van der Waals surface area contributed by atoms with E-state index in [0.717, 1.165) is 38.1 Å². The second kappa shape index (κ2) is 5.48. The van der Waals surface area contributed by atoms with Gasteiger partial charge in [0.2, 0.25) is 5.91 Å². The van der Waals surface area contributed by atoms with Gasteiger partial charge in [-0.05, 0) is 19.8 Å². The molecule has 1 aromatic rings. The maximum atomic E-state index is 12.1. The van der Waals surface area contributed by atoms with Crippen molar-refractivity contribution in [2.24, 2.45) is 5.73 Å². The lowest BCUT2D eigenvalue weighted by Crippen LogP contribution is -2.54. The fourth-order valence-corrected chi connectivity index (χ4v) is 2.43. The zero-order valence-electron chi connectivity index (χ0n) is 10.9. The molecule has 18 heavy (non-hydrogen) atoms. The molecule has 100 valence electrons. The van der Waals surface area contributed by atoms with Crippen molar-refractivity contribution < 1.29 is 4.79 Å². The molecule has 1 aromatic heterocycles. The van der Waals surface area contributed by atoms with Crippen LogP contribution in [0.2, 0.25) is 0 Å². The monoisotopic (exact) mass is 251 g/mol. The van der Waals surface area contributed by atoms with Gasteiger partial charge in [-0.15, -0.1) is 10.2 Å². The molecule has 2 rings (SSSR count). The predicted octanol–water partition coefficient (Wildman–Crippen LogP) is 0.576. The number of aromatic nitrogens is 3. The Morgan fingerprint density at radius 2 is 2.22 bits per heavy atom. The largest absolute Gasteiger partial charge is 0.347 e. The summed E-state index contributed by atoms with van der Waals surface area (Å²) in [4.78, 5) is 12.1. The summed E-state index contributed by atoms with van der Waals surface area (Å²) >= 11 is 0. The maximum absolute atomic E-state index is 12.1. The first kappa shape index (κ1) is 13.0. The number of carbonyl (C=O) groups excluding carboxylic acids is 1. The zero-order valence-corrected chi connectivity index (χ0v) is 10.9. The van der Waals surface area contributed by atoms with E-state index in [2.05, 4.69) is 15.5 Å². The van der Waals surface area contributed by atoms with Crippen LogP contribution in [0.15, 0.2) is 6.33 Å². The van der Waals surface area contributed by atoms with Crippen molar-refractivity contribution in [1.29, 1.82) is 0 Å². The van der Waals surface area contributed by atoms with E-state index >= 15 is 0 Å². The Kier molecular flexibility index (Phi) is 3.96. The molecule has 1 aliphatic carbocycles. The SMILES string of the molecule is CCn1cnnc1CNC(=O)C1(N)CCCCC1. The van der Waals surface area contributed by atoms with Crippen LogP contribution in [0.4, 0.5) is 0 Å². The summed E-state index contributed by atoms with van der Waals surface area (Å²) in [7, 11) is 0. The molecule has 0 saturated heterocycles. The molecule has 6 nitrogen and oxygen atoms in total. The second-order valence-corrected chi connectivity index (χ2v) is 4.93. The average Bonchev–Trinajstić information content (AvgIpc) is 2.84. The van der Waals surface area contributed by atoms with Gasteiger partial charge in [-0.1, -0.05) is 19.3 Å². The maximum Gasteiger partial charge on any atom is 0.240 e. The third kappa shape index (κ3) is 2.69. The minimum Gasteiger partial charge on any atom is -0.347 e. The molecule has 1 heterocycles. The van der Waals surface area contributed by atoms with Crippen LogP contribution in [0.25, 0.3) is 0 Å². The van der Waals surface area contributed by atoms with Crippen molar-refractivity contribution in [3.63, 3.8) is 0 Å².